The summed E-state index contributed by atoms with van der Waals surface area (Å²) >= 11 is 10.7. The van der Waals surface area contributed by atoms with E-state index in [1.165, 1.54) is 6.92 Å². The lowest BCUT2D eigenvalue weighted by Gasteiger charge is -2.08. The molecule has 5 heteroatoms. The maximum absolute atomic E-state index is 13.1. The molecule has 1 aromatic rings. The van der Waals surface area contributed by atoms with Crippen LogP contribution in [0.5, 0.6) is 0 Å². The summed E-state index contributed by atoms with van der Waals surface area (Å²) in [6.07, 6.45) is 0. The summed E-state index contributed by atoms with van der Waals surface area (Å²) in [4.78, 5) is 0. The van der Waals surface area contributed by atoms with Gasteiger partial charge < -0.3 is 0 Å². The van der Waals surface area contributed by atoms with Crippen LogP contribution in [0.15, 0.2) is 0 Å². The molecule has 0 bridgehead atoms. The Morgan fingerprint density at radius 3 is 2.00 bits per heavy atom. The second kappa shape index (κ2) is 3.76. The van der Waals surface area contributed by atoms with Gasteiger partial charge in [0.25, 0.3) is 0 Å². The lowest BCUT2D eigenvalue weighted by atomic mass is 10.1. The van der Waals surface area contributed by atoms with Gasteiger partial charge in [-0.2, -0.15) is 0 Å². The normalized spacial score (nSPS) is 10.6. The third kappa shape index (κ3) is 1.63. The molecule has 1 rings (SSSR count). The van der Waals surface area contributed by atoms with Gasteiger partial charge in [0.2, 0.25) is 0 Å². The van der Waals surface area contributed by atoms with Gasteiger partial charge in [-0.25, -0.2) is 13.2 Å². The first-order chi connectivity index (χ1) is 6.00. The Balaban J connectivity index is 3.56. The Bertz CT molecular complexity index is 321. The summed E-state index contributed by atoms with van der Waals surface area (Å²) in [7, 11) is 0. The first-order valence-corrected chi connectivity index (χ1v) is 4.13. The van der Waals surface area contributed by atoms with Crippen LogP contribution in [0.3, 0.4) is 0 Å². The molecule has 1 aromatic carbocycles. The summed E-state index contributed by atoms with van der Waals surface area (Å²) < 4.78 is 38.4. The van der Waals surface area contributed by atoms with Gasteiger partial charge in [-0.05, 0) is 12.5 Å². The number of halogens is 5. The Labute approximate surface area is 83.3 Å². The highest BCUT2D eigenvalue weighted by Gasteiger charge is 2.19. The number of benzene rings is 1. The van der Waals surface area contributed by atoms with Gasteiger partial charge in [-0.15, -0.1) is 0 Å². The van der Waals surface area contributed by atoms with Gasteiger partial charge >= 0.3 is 0 Å². The van der Waals surface area contributed by atoms with E-state index in [9.17, 15) is 13.2 Å². The van der Waals surface area contributed by atoms with Crippen molar-refractivity contribution in [3.05, 3.63) is 32.8 Å². The highest BCUT2D eigenvalue weighted by atomic mass is 35.5. The molecule has 0 aromatic heterocycles. The summed E-state index contributed by atoms with van der Waals surface area (Å²) in [5.74, 6) is -1.87. The van der Waals surface area contributed by atoms with E-state index in [4.69, 9.17) is 23.2 Å². The van der Waals surface area contributed by atoms with Crippen LogP contribution in [-0.2, 0) is 6.67 Å². The average molecular weight is 229 g/mol. The van der Waals surface area contributed by atoms with E-state index in [0.29, 0.717) is 0 Å². The zero-order valence-corrected chi connectivity index (χ0v) is 8.11. The van der Waals surface area contributed by atoms with E-state index in [-0.39, 0.29) is 11.1 Å². The maximum Gasteiger partial charge on any atom is 0.149 e. The molecule has 0 amide bonds. The molecule has 0 aliphatic carbocycles. The highest BCUT2D eigenvalue weighted by Crippen LogP contribution is 2.33. The fourth-order valence-electron chi connectivity index (χ4n) is 0.946. The topological polar surface area (TPSA) is 0 Å². The van der Waals surface area contributed by atoms with Gasteiger partial charge in [0.05, 0.1) is 10.0 Å². The van der Waals surface area contributed by atoms with E-state index in [1.807, 2.05) is 0 Å². The molecule has 0 saturated heterocycles. The number of rotatable bonds is 1. The molecule has 0 atom stereocenters. The van der Waals surface area contributed by atoms with Crippen molar-refractivity contribution >= 4 is 23.2 Å². The van der Waals surface area contributed by atoms with Gasteiger partial charge in [0.1, 0.15) is 18.3 Å². The molecule has 0 aliphatic rings. The average Bonchev–Trinajstić information content (AvgIpc) is 2.13. The third-order valence-corrected chi connectivity index (χ3v) is 2.57. The van der Waals surface area contributed by atoms with Crippen molar-refractivity contribution in [3.8, 4) is 0 Å². The van der Waals surface area contributed by atoms with Crippen LogP contribution < -0.4 is 0 Å². The van der Waals surface area contributed by atoms with E-state index in [2.05, 4.69) is 0 Å². The summed E-state index contributed by atoms with van der Waals surface area (Å²) in [6, 6.07) is 0. The van der Waals surface area contributed by atoms with E-state index >= 15 is 0 Å². The Morgan fingerprint density at radius 1 is 1.08 bits per heavy atom. The molecule has 0 N–H and O–H groups in total. The summed E-state index contributed by atoms with van der Waals surface area (Å²) in [5, 5.41) is -1.08. The molecule has 0 aliphatic heterocycles. The number of alkyl halides is 1. The Hall–Kier alpha value is -0.410. The van der Waals surface area contributed by atoms with Crippen molar-refractivity contribution in [3.63, 3.8) is 0 Å². The lowest BCUT2D eigenvalue weighted by Crippen LogP contribution is -1.98. The second-order valence-corrected chi connectivity index (χ2v) is 3.25. The van der Waals surface area contributed by atoms with Crippen molar-refractivity contribution in [2.75, 3.05) is 0 Å². The number of hydrogen-bond acceptors (Lipinski definition) is 0. The molecule has 0 saturated carbocycles. The standard InChI is InChI=1S/C8H5Cl2F3/c1-3-4(2-11)8(13)6(10)5(9)7(3)12/h2H2,1H3. The zero-order valence-electron chi connectivity index (χ0n) is 6.60. The smallest absolute Gasteiger partial charge is 0.149 e. The highest BCUT2D eigenvalue weighted by molar-refractivity contribution is 6.42. The van der Waals surface area contributed by atoms with Gasteiger partial charge in [0.15, 0.2) is 0 Å². The predicted molar refractivity (Wildman–Crippen MR) is 45.9 cm³/mol. The minimum absolute atomic E-state index is 0.144. The van der Waals surface area contributed by atoms with Crippen LogP contribution in [0.1, 0.15) is 11.1 Å². The van der Waals surface area contributed by atoms with Crippen LogP contribution in [-0.4, -0.2) is 0 Å². The van der Waals surface area contributed by atoms with Crippen molar-refractivity contribution in [2.24, 2.45) is 0 Å². The third-order valence-electron chi connectivity index (χ3n) is 1.76. The van der Waals surface area contributed by atoms with Gasteiger partial charge in [0, 0.05) is 5.56 Å². The first kappa shape index (κ1) is 10.7. The molecule has 0 radical (unpaired) electrons. The van der Waals surface area contributed by atoms with Crippen molar-refractivity contribution < 1.29 is 13.2 Å². The molecule has 0 heterocycles. The van der Waals surface area contributed by atoms with Crippen molar-refractivity contribution in [2.45, 2.75) is 13.6 Å². The minimum Gasteiger partial charge on any atom is -0.246 e. The quantitative estimate of drug-likeness (QED) is 0.503. The molecular weight excluding hydrogens is 224 g/mol. The Kier molecular flexibility index (Phi) is 3.09. The lowest BCUT2D eigenvalue weighted by molar-refractivity contribution is 0.456. The van der Waals surface area contributed by atoms with Crippen LogP contribution in [0.2, 0.25) is 10.0 Å². The van der Waals surface area contributed by atoms with E-state index in [0.717, 1.165) is 0 Å². The molecule has 0 nitrogen and oxygen atoms in total. The van der Waals surface area contributed by atoms with Crippen LogP contribution in [0.4, 0.5) is 13.2 Å². The van der Waals surface area contributed by atoms with Crippen molar-refractivity contribution in [1.82, 2.24) is 0 Å². The second-order valence-electron chi connectivity index (χ2n) is 2.49. The van der Waals surface area contributed by atoms with Crippen molar-refractivity contribution in [1.29, 1.82) is 0 Å². The summed E-state index contributed by atoms with van der Waals surface area (Å²) in [5.41, 5.74) is -0.527. The van der Waals surface area contributed by atoms with E-state index < -0.39 is 28.4 Å². The molecule has 0 unspecified atom stereocenters. The van der Waals surface area contributed by atoms with Crippen LogP contribution in [0, 0.1) is 18.6 Å². The first-order valence-electron chi connectivity index (χ1n) is 3.38. The molecule has 13 heavy (non-hydrogen) atoms. The number of hydrogen-bond donors (Lipinski definition) is 0. The van der Waals surface area contributed by atoms with Gasteiger partial charge in [-0.3, -0.25) is 0 Å². The SMILES string of the molecule is Cc1c(F)c(Cl)c(Cl)c(F)c1CF. The molecule has 0 spiro atoms. The maximum atomic E-state index is 13.1. The summed E-state index contributed by atoms with van der Waals surface area (Å²) in [6.45, 7) is 0.140. The Morgan fingerprint density at radius 2 is 1.54 bits per heavy atom. The molecular formula is C8H5Cl2F3. The monoisotopic (exact) mass is 228 g/mol. The molecule has 0 fully saturated rings. The minimum atomic E-state index is -1.11. The fourth-order valence-corrected chi connectivity index (χ4v) is 1.37. The van der Waals surface area contributed by atoms with Crippen LogP contribution in [0.25, 0.3) is 0 Å². The molecule has 72 valence electrons. The van der Waals surface area contributed by atoms with Gasteiger partial charge in [-0.1, -0.05) is 23.2 Å². The van der Waals surface area contributed by atoms with Crippen LogP contribution >= 0.6 is 23.2 Å². The zero-order chi connectivity index (χ0) is 10.2. The fraction of sp³-hybridized carbons (Fsp3) is 0.250. The van der Waals surface area contributed by atoms with E-state index in [1.54, 1.807) is 0 Å². The largest absolute Gasteiger partial charge is 0.246 e. The predicted octanol–water partition coefficient (Wildman–Crippen LogP) is 4.05.